The lowest BCUT2D eigenvalue weighted by atomic mass is 10.1. The van der Waals surface area contributed by atoms with E-state index in [0.717, 1.165) is 15.4 Å². The second kappa shape index (κ2) is 7.95. The van der Waals surface area contributed by atoms with Crippen LogP contribution in [0.4, 0.5) is 5.69 Å². The van der Waals surface area contributed by atoms with Gasteiger partial charge in [0.15, 0.2) is 0 Å². The van der Waals surface area contributed by atoms with Gasteiger partial charge < -0.3 is 5.32 Å². The molecule has 1 heterocycles. The van der Waals surface area contributed by atoms with Crippen LogP contribution < -0.4 is 5.32 Å². The van der Waals surface area contributed by atoms with E-state index in [1.165, 1.54) is 18.2 Å². The Morgan fingerprint density at radius 1 is 0.933 bits per heavy atom. The average Bonchev–Trinajstić information content (AvgIpc) is 2.86. The Kier molecular flexibility index (Phi) is 5.49. The molecule has 0 fully saturated rings. The number of nitrogens with one attached hydrogen (secondary N) is 1. The number of fused-ring (bicyclic) bond motifs is 1. The first-order valence-corrected chi connectivity index (χ1v) is 11.4. The highest BCUT2D eigenvalue weighted by atomic mass is 35.5. The van der Waals surface area contributed by atoms with Crippen LogP contribution in [0.15, 0.2) is 71.6 Å². The molecular formula is C22H18Cl2N2O3S. The molecule has 1 N–H and O–H groups in total. The molecule has 1 aliphatic rings. The quantitative estimate of drug-likeness (QED) is 0.575. The summed E-state index contributed by atoms with van der Waals surface area (Å²) in [5, 5.41) is 4.20. The third kappa shape index (κ3) is 3.90. The first-order chi connectivity index (χ1) is 14.3. The van der Waals surface area contributed by atoms with Crippen molar-refractivity contribution in [3.05, 3.63) is 93.5 Å². The van der Waals surface area contributed by atoms with Gasteiger partial charge in [-0.15, -0.1) is 0 Å². The third-order valence-electron chi connectivity index (χ3n) is 5.00. The smallest absolute Gasteiger partial charge is 0.269 e. The van der Waals surface area contributed by atoms with Crippen molar-refractivity contribution in [2.24, 2.45) is 0 Å². The Morgan fingerprint density at radius 2 is 1.57 bits per heavy atom. The molecule has 1 atom stereocenters. The zero-order chi connectivity index (χ0) is 21.5. The molecule has 0 bridgehead atoms. The van der Waals surface area contributed by atoms with Gasteiger partial charge in [-0.1, -0.05) is 53.0 Å². The summed E-state index contributed by atoms with van der Waals surface area (Å²) in [5.41, 5.74) is 2.45. The molecule has 0 radical (unpaired) electrons. The Labute approximate surface area is 185 Å². The van der Waals surface area contributed by atoms with Crippen LogP contribution >= 0.6 is 23.2 Å². The maximum atomic E-state index is 13.4. The molecule has 1 unspecified atom stereocenters. The minimum absolute atomic E-state index is 0.0572. The van der Waals surface area contributed by atoms with E-state index in [4.69, 9.17) is 23.2 Å². The summed E-state index contributed by atoms with van der Waals surface area (Å²) in [6.07, 6.45) is 0. The molecule has 154 valence electrons. The van der Waals surface area contributed by atoms with E-state index < -0.39 is 22.0 Å². The molecule has 1 aliphatic heterocycles. The van der Waals surface area contributed by atoms with Gasteiger partial charge in [0.2, 0.25) is 0 Å². The maximum Gasteiger partial charge on any atom is 0.269 e. The standard InChI is InChI=1S/C22H18Cl2N2O3S/c1-14-2-9-18(10-3-14)30(28,29)26-13-21(15-4-6-16(23)7-5-15)25-20-11-8-17(24)12-19(20)22(26)27/h2-12,21,25H,13H2,1H3. The lowest BCUT2D eigenvalue weighted by Crippen LogP contribution is -2.39. The van der Waals surface area contributed by atoms with Crippen molar-refractivity contribution in [1.29, 1.82) is 0 Å². The van der Waals surface area contributed by atoms with E-state index in [2.05, 4.69) is 5.32 Å². The third-order valence-corrected chi connectivity index (χ3v) is 7.25. The average molecular weight is 461 g/mol. The van der Waals surface area contributed by atoms with E-state index in [9.17, 15) is 13.2 Å². The number of anilines is 1. The fraction of sp³-hybridized carbons (Fsp3) is 0.136. The molecule has 0 saturated heterocycles. The summed E-state index contributed by atoms with van der Waals surface area (Å²) >= 11 is 12.1. The van der Waals surface area contributed by atoms with E-state index in [1.807, 2.05) is 19.1 Å². The lowest BCUT2D eigenvalue weighted by Gasteiger charge is -2.25. The first kappa shape index (κ1) is 20.7. The molecule has 4 rings (SSSR count). The monoisotopic (exact) mass is 460 g/mol. The van der Waals surface area contributed by atoms with Crippen LogP contribution in [0.5, 0.6) is 0 Å². The van der Waals surface area contributed by atoms with Crippen LogP contribution in [-0.2, 0) is 10.0 Å². The number of hydrogen-bond donors (Lipinski definition) is 1. The van der Waals surface area contributed by atoms with Crippen LogP contribution in [0.3, 0.4) is 0 Å². The first-order valence-electron chi connectivity index (χ1n) is 9.21. The highest BCUT2D eigenvalue weighted by Gasteiger charge is 2.36. The van der Waals surface area contributed by atoms with Crippen LogP contribution in [0.25, 0.3) is 0 Å². The molecule has 0 spiro atoms. The number of aryl methyl sites for hydroxylation is 1. The lowest BCUT2D eigenvalue weighted by molar-refractivity contribution is 0.0863. The molecule has 30 heavy (non-hydrogen) atoms. The molecular weight excluding hydrogens is 443 g/mol. The van der Waals surface area contributed by atoms with Crippen molar-refractivity contribution in [2.75, 3.05) is 11.9 Å². The second-order valence-corrected chi connectivity index (χ2v) is 9.83. The van der Waals surface area contributed by atoms with Gasteiger partial charge in [0.1, 0.15) is 0 Å². The Bertz CT molecular complexity index is 1210. The van der Waals surface area contributed by atoms with E-state index in [0.29, 0.717) is 15.7 Å². The van der Waals surface area contributed by atoms with Crippen molar-refractivity contribution in [3.8, 4) is 0 Å². The van der Waals surface area contributed by atoms with E-state index in [-0.39, 0.29) is 17.0 Å². The summed E-state index contributed by atoms with van der Waals surface area (Å²) in [7, 11) is -4.08. The number of amides is 1. The Morgan fingerprint density at radius 3 is 2.23 bits per heavy atom. The molecule has 5 nitrogen and oxygen atoms in total. The van der Waals surface area contributed by atoms with Gasteiger partial charge in [0.05, 0.1) is 23.0 Å². The van der Waals surface area contributed by atoms with Crippen molar-refractivity contribution in [2.45, 2.75) is 17.9 Å². The Balaban J connectivity index is 1.84. The number of sulfonamides is 1. The normalized spacial score (nSPS) is 16.6. The van der Waals surface area contributed by atoms with Gasteiger partial charge in [-0.25, -0.2) is 12.7 Å². The van der Waals surface area contributed by atoms with Gasteiger partial charge in [-0.3, -0.25) is 4.79 Å². The van der Waals surface area contributed by atoms with Crippen molar-refractivity contribution in [3.63, 3.8) is 0 Å². The van der Waals surface area contributed by atoms with E-state index in [1.54, 1.807) is 36.4 Å². The number of carbonyl (C=O) groups is 1. The highest BCUT2D eigenvalue weighted by Crippen LogP contribution is 2.33. The molecule has 3 aromatic rings. The van der Waals surface area contributed by atoms with Crippen molar-refractivity contribution < 1.29 is 13.2 Å². The zero-order valence-electron chi connectivity index (χ0n) is 16.0. The molecule has 1 amide bonds. The van der Waals surface area contributed by atoms with Crippen molar-refractivity contribution in [1.82, 2.24) is 4.31 Å². The highest BCUT2D eigenvalue weighted by molar-refractivity contribution is 7.89. The summed E-state index contributed by atoms with van der Waals surface area (Å²) in [6, 6.07) is 17.8. The van der Waals surface area contributed by atoms with Crippen LogP contribution in [0.1, 0.15) is 27.5 Å². The van der Waals surface area contributed by atoms with Gasteiger partial charge in [-0.2, -0.15) is 0 Å². The largest absolute Gasteiger partial charge is 0.376 e. The fourth-order valence-corrected chi connectivity index (χ4v) is 5.06. The molecule has 0 aliphatic carbocycles. The topological polar surface area (TPSA) is 66.5 Å². The van der Waals surface area contributed by atoms with Crippen LogP contribution in [-0.4, -0.2) is 25.2 Å². The Hall–Kier alpha value is -2.54. The van der Waals surface area contributed by atoms with Crippen LogP contribution in [0.2, 0.25) is 10.0 Å². The maximum absolute atomic E-state index is 13.4. The summed E-state index contributed by atoms with van der Waals surface area (Å²) in [4.78, 5) is 13.4. The van der Waals surface area contributed by atoms with E-state index >= 15 is 0 Å². The molecule has 8 heteroatoms. The summed E-state index contributed by atoms with van der Waals surface area (Å²) in [6.45, 7) is 1.79. The van der Waals surface area contributed by atoms with Gasteiger partial charge in [0, 0.05) is 15.7 Å². The van der Waals surface area contributed by atoms with Crippen LogP contribution in [0, 0.1) is 6.92 Å². The molecule has 0 saturated carbocycles. The number of carbonyl (C=O) groups excluding carboxylic acids is 1. The predicted molar refractivity (Wildman–Crippen MR) is 119 cm³/mol. The van der Waals surface area contributed by atoms with Gasteiger partial charge >= 0.3 is 0 Å². The second-order valence-electron chi connectivity index (χ2n) is 7.09. The number of hydrogen-bond acceptors (Lipinski definition) is 4. The van der Waals surface area contributed by atoms with Gasteiger partial charge in [0.25, 0.3) is 15.9 Å². The minimum Gasteiger partial charge on any atom is -0.376 e. The zero-order valence-corrected chi connectivity index (χ0v) is 18.3. The number of nitrogens with zero attached hydrogens (tertiary/aromatic N) is 1. The SMILES string of the molecule is Cc1ccc(S(=O)(=O)N2CC(c3ccc(Cl)cc3)Nc3ccc(Cl)cc3C2=O)cc1. The van der Waals surface area contributed by atoms with Crippen molar-refractivity contribution >= 4 is 44.8 Å². The summed E-state index contributed by atoms with van der Waals surface area (Å²) < 4.78 is 27.7. The fourth-order valence-electron chi connectivity index (χ4n) is 3.36. The summed E-state index contributed by atoms with van der Waals surface area (Å²) in [5.74, 6) is -0.628. The molecule has 3 aromatic carbocycles. The minimum atomic E-state index is -4.08. The number of rotatable bonds is 3. The molecule has 0 aromatic heterocycles. The van der Waals surface area contributed by atoms with Gasteiger partial charge in [-0.05, 0) is 55.0 Å². The predicted octanol–water partition coefficient (Wildman–Crippen LogP) is 5.30. The number of benzene rings is 3. The number of halogens is 2.